The normalized spacial score (nSPS) is 33.1. The van der Waals surface area contributed by atoms with Gasteiger partial charge in [-0.05, 0) is 72.1 Å². The summed E-state index contributed by atoms with van der Waals surface area (Å²) in [4.78, 5) is 0. The van der Waals surface area contributed by atoms with Crippen LogP contribution in [0.25, 0.3) is 11.1 Å². The van der Waals surface area contributed by atoms with E-state index in [1.54, 1.807) is 6.07 Å². The third kappa shape index (κ3) is 5.35. The summed E-state index contributed by atoms with van der Waals surface area (Å²) in [5, 5.41) is 0. The van der Waals surface area contributed by atoms with Crippen molar-refractivity contribution < 1.29 is 13.9 Å². The van der Waals surface area contributed by atoms with E-state index in [4.69, 9.17) is 9.47 Å². The molecule has 3 fully saturated rings. The van der Waals surface area contributed by atoms with Gasteiger partial charge in [-0.3, -0.25) is 0 Å². The second-order valence-electron chi connectivity index (χ2n) is 11.1. The molecule has 0 N–H and O–H groups in total. The van der Waals surface area contributed by atoms with Crippen LogP contribution >= 0.6 is 0 Å². The van der Waals surface area contributed by atoms with Crippen molar-refractivity contribution >= 4 is 0 Å². The van der Waals surface area contributed by atoms with Crippen LogP contribution in [0.4, 0.5) is 4.39 Å². The highest BCUT2D eigenvalue weighted by molar-refractivity contribution is 5.64. The maximum Gasteiger partial charge on any atom is 0.183 e. The monoisotopic (exact) mass is 450 g/mol. The summed E-state index contributed by atoms with van der Waals surface area (Å²) >= 11 is 0. The van der Waals surface area contributed by atoms with Crippen LogP contribution < -0.4 is 0 Å². The van der Waals surface area contributed by atoms with E-state index in [1.165, 1.54) is 38.5 Å². The molecule has 3 aliphatic rings. The molecule has 0 unspecified atom stereocenters. The van der Waals surface area contributed by atoms with E-state index >= 15 is 0 Å². The molecule has 5 rings (SSSR count). The van der Waals surface area contributed by atoms with Gasteiger partial charge >= 0.3 is 0 Å². The van der Waals surface area contributed by atoms with Gasteiger partial charge in [0, 0.05) is 11.5 Å². The van der Waals surface area contributed by atoms with Crippen molar-refractivity contribution in [2.75, 3.05) is 13.2 Å². The maximum absolute atomic E-state index is 15.0. The second-order valence-corrected chi connectivity index (χ2v) is 11.1. The molecule has 2 saturated carbocycles. The molecule has 0 atom stereocenters. The number of halogens is 1. The minimum Gasteiger partial charge on any atom is -0.348 e. The van der Waals surface area contributed by atoms with Crippen LogP contribution in [0.5, 0.6) is 0 Å². The topological polar surface area (TPSA) is 18.5 Å². The summed E-state index contributed by atoms with van der Waals surface area (Å²) in [6.45, 7) is 6.25. The first-order valence-electron chi connectivity index (χ1n) is 13.2. The van der Waals surface area contributed by atoms with Gasteiger partial charge in [-0.15, -0.1) is 0 Å². The lowest BCUT2D eigenvalue weighted by Crippen LogP contribution is -2.34. The Morgan fingerprint density at radius 2 is 1.24 bits per heavy atom. The van der Waals surface area contributed by atoms with E-state index in [9.17, 15) is 4.39 Å². The summed E-state index contributed by atoms with van der Waals surface area (Å²) in [5.41, 5.74) is 3.91. The molecular formula is C30H39FO2. The Kier molecular flexibility index (Phi) is 7.18. The Morgan fingerprint density at radius 1 is 0.667 bits per heavy atom. The van der Waals surface area contributed by atoms with Crippen molar-refractivity contribution in [1.29, 1.82) is 0 Å². The summed E-state index contributed by atoms with van der Waals surface area (Å²) in [6.07, 6.45) is 9.65. The molecule has 1 saturated heterocycles. The quantitative estimate of drug-likeness (QED) is 0.466. The van der Waals surface area contributed by atoms with Crippen LogP contribution in [-0.4, -0.2) is 13.2 Å². The number of benzene rings is 2. The fraction of sp³-hybridized carbons (Fsp3) is 0.600. The first-order valence-corrected chi connectivity index (χ1v) is 13.2. The fourth-order valence-electron chi connectivity index (χ4n) is 6.18. The zero-order valence-electron chi connectivity index (χ0n) is 20.3. The molecule has 3 heteroatoms. The SMILES string of the molecule is CC1CCC(c2ccc(-c3ccc(C4OCC(C5CCC(C)CC5)CO4)cc3)cc2F)CC1. The molecule has 0 aromatic heterocycles. The average molecular weight is 451 g/mol. The smallest absolute Gasteiger partial charge is 0.183 e. The standard InChI is InChI=1S/C30H39FO2/c1-20-3-7-23(8-4-20)27-18-32-30(33-19-27)25-13-11-22(12-14-25)26-15-16-28(29(31)17-26)24-9-5-21(2)6-10-24/h11-17,20-21,23-24,27,30H,3-10,18-19H2,1-2H3. The lowest BCUT2D eigenvalue weighted by atomic mass is 9.76. The molecule has 1 heterocycles. The molecule has 33 heavy (non-hydrogen) atoms. The average Bonchev–Trinajstić information content (AvgIpc) is 2.85. The van der Waals surface area contributed by atoms with Gasteiger partial charge < -0.3 is 9.47 Å². The van der Waals surface area contributed by atoms with Crippen molar-refractivity contribution in [1.82, 2.24) is 0 Å². The highest BCUT2D eigenvalue weighted by Crippen LogP contribution is 2.39. The van der Waals surface area contributed by atoms with Gasteiger partial charge in [0.1, 0.15) is 5.82 Å². The van der Waals surface area contributed by atoms with Crippen LogP contribution in [-0.2, 0) is 9.47 Å². The maximum atomic E-state index is 15.0. The summed E-state index contributed by atoms with van der Waals surface area (Å²) in [7, 11) is 0. The Bertz CT molecular complexity index is 899. The lowest BCUT2D eigenvalue weighted by Gasteiger charge is -2.37. The van der Waals surface area contributed by atoms with Gasteiger partial charge in [0.2, 0.25) is 0 Å². The van der Waals surface area contributed by atoms with E-state index in [1.807, 2.05) is 6.07 Å². The van der Waals surface area contributed by atoms with Gasteiger partial charge in [-0.1, -0.05) is 75.9 Å². The van der Waals surface area contributed by atoms with Crippen LogP contribution in [0.1, 0.15) is 88.5 Å². The predicted molar refractivity (Wildman–Crippen MR) is 131 cm³/mol. The zero-order valence-corrected chi connectivity index (χ0v) is 20.3. The number of hydrogen-bond donors (Lipinski definition) is 0. The molecule has 2 aromatic rings. The van der Waals surface area contributed by atoms with Crippen LogP contribution in [0.15, 0.2) is 42.5 Å². The van der Waals surface area contributed by atoms with Crippen LogP contribution in [0.3, 0.4) is 0 Å². The lowest BCUT2D eigenvalue weighted by molar-refractivity contribution is -0.214. The Balaban J connectivity index is 1.19. The zero-order chi connectivity index (χ0) is 22.8. The predicted octanol–water partition coefficient (Wildman–Crippen LogP) is 8.27. The van der Waals surface area contributed by atoms with Crippen LogP contribution in [0, 0.1) is 29.5 Å². The molecule has 2 aromatic carbocycles. The van der Waals surface area contributed by atoms with Crippen LogP contribution in [0.2, 0.25) is 0 Å². The largest absolute Gasteiger partial charge is 0.348 e. The van der Waals surface area contributed by atoms with E-state index < -0.39 is 0 Å². The fourth-order valence-corrected chi connectivity index (χ4v) is 6.18. The minimum absolute atomic E-state index is 0.0572. The van der Waals surface area contributed by atoms with E-state index in [-0.39, 0.29) is 12.1 Å². The van der Waals surface area contributed by atoms with Gasteiger partial charge in [0.05, 0.1) is 13.2 Å². The van der Waals surface area contributed by atoms with Gasteiger partial charge in [-0.25, -0.2) is 4.39 Å². The van der Waals surface area contributed by atoms with Gasteiger partial charge in [-0.2, -0.15) is 0 Å². The van der Waals surface area contributed by atoms with Gasteiger partial charge in [0.25, 0.3) is 0 Å². The summed E-state index contributed by atoms with van der Waals surface area (Å²) in [5.74, 6) is 3.25. The Hall–Kier alpha value is -1.71. The van der Waals surface area contributed by atoms with Crippen molar-refractivity contribution in [3.63, 3.8) is 0 Å². The molecule has 178 valence electrons. The number of ether oxygens (including phenoxy) is 2. The molecule has 2 aliphatic carbocycles. The molecule has 1 aliphatic heterocycles. The van der Waals surface area contributed by atoms with Crippen molar-refractivity contribution in [2.45, 2.75) is 77.4 Å². The molecule has 0 spiro atoms. The Labute approximate surface area is 198 Å². The number of hydrogen-bond acceptors (Lipinski definition) is 2. The van der Waals surface area contributed by atoms with Crippen molar-refractivity contribution in [2.24, 2.45) is 23.7 Å². The van der Waals surface area contributed by atoms with E-state index in [0.717, 1.165) is 66.1 Å². The second kappa shape index (κ2) is 10.3. The Morgan fingerprint density at radius 3 is 1.85 bits per heavy atom. The molecule has 0 bridgehead atoms. The third-order valence-electron chi connectivity index (χ3n) is 8.62. The molecule has 0 amide bonds. The first kappa shape index (κ1) is 23.1. The molecular weight excluding hydrogens is 411 g/mol. The summed E-state index contributed by atoms with van der Waals surface area (Å²) in [6, 6.07) is 14.1. The molecule has 2 nitrogen and oxygen atoms in total. The first-order chi connectivity index (χ1) is 16.1. The highest BCUT2D eigenvalue weighted by atomic mass is 19.1. The van der Waals surface area contributed by atoms with Gasteiger partial charge in [0.15, 0.2) is 6.29 Å². The van der Waals surface area contributed by atoms with E-state index in [0.29, 0.717) is 11.8 Å². The number of rotatable bonds is 4. The highest BCUT2D eigenvalue weighted by Gasteiger charge is 2.31. The third-order valence-corrected chi connectivity index (χ3v) is 8.62. The summed E-state index contributed by atoms with van der Waals surface area (Å²) < 4.78 is 27.2. The van der Waals surface area contributed by atoms with Crippen molar-refractivity contribution in [3.8, 4) is 11.1 Å². The molecule has 0 radical (unpaired) electrons. The minimum atomic E-state index is -0.286. The van der Waals surface area contributed by atoms with E-state index in [2.05, 4.69) is 44.2 Å². The van der Waals surface area contributed by atoms with Crippen molar-refractivity contribution in [3.05, 3.63) is 59.4 Å².